The summed E-state index contributed by atoms with van der Waals surface area (Å²) in [6, 6.07) is 3.68. The zero-order chi connectivity index (χ0) is 9.84. The summed E-state index contributed by atoms with van der Waals surface area (Å²) in [5.41, 5.74) is 0.619. The number of aliphatic hydroxyl groups is 1. The van der Waals surface area contributed by atoms with Gasteiger partial charge in [0.05, 0.1) is 6.10 Å². The molecule has 0 heterocycles. The van der Waals surface area contributed by atoms with Crippen LogP contribution in [-0.2, 0) is 6.42 Å². The molecule has 13 heavy (non-hydrogen) atoms. The van der Waals surface area contributed by atoms with Gasteiger partial charge in [-0.05, 0) is 30.5 Å². The van der Waals surface area contributed by atoms with Gasteiger partial charge in [-0.15, -0.1) is 0 Å². The maximum absolute atomic E-state index is 12.7. The molecular formula is C10H12F2O. The standard InChI is InChI=1S/C10H12F2O/c1-2-8(13)5-7-3-4-9(11)10(12)6-7/h3-4,6,8,13H,2,5H2,1H3. The van der Waals surface area contributed by atoms with Crippen LogP contribution >= 0.6 is 0 Å². The van der Waals surface area contributed by atoms with Crippen molar-refractivity contribution in [1.29, 1.82) is 0 Å². The van der Waals surface area contributed by atoms with Gasteiger partial charge in [-0.2, -0.15) is 0 Å². The van der Waals surface area contributed by atoms with E-state index in [4.69, 9.17) is 0 Å². The molecule has 0 fully saturated rings. The molecule has 1 nitrogen and oxygen atoms in total. The molecule has 1 unspecified atom stereocenters. The highest BCUT2D eigenvalue weighted by molar-refractivity contribution is 5.18. The number of benzene rings is 1. The Morgan fingerprint density at radius 1 is 1.31 bits per heavy atom. The van der Waals surface area contributed by atoms with Crippen LogP contribution < -0.4 is 0 Å². The number of halogens is 2. The summed E-state index contributed by atoms with van der Waals surface area (Å²) in [7, 11) is 0. The van der Waals surface area contributed by atoms with Gasteiger partial charge < -0.3 is 5.11 Å². The quantitative estimate of drug-likeness (QED) is 0.767. The van der Waals surface area contributed by atoms with Crippen LogP contribution in [0.3, 0.4) is 0 Å². The summed E-state index contributed by atoms with van der Waals surface area (Å²) in [6.07, 6.45) is 0.497. The molecule has 72 valence electrons. The maximum Gasteiger partial charge on any atom is 0.159 e. The fraction of sp³-hybridized carbons (Fsp3) is 0.400. The number of rotatable bonds is 3. The summed E-state index contributed by atoms with van der Waals surface area (Å²) >= 11 is 0. The SMILES string of the molecule is CCC(O)Cc1ccc(F)c(F)c1. The molecule has 1 aromatic rings. The van der Waals surface area contributed by atoms with Crippen molar-refractivity contribution >= 4 is 0 Å². The highest BCUT2D eigenvalue weighted by Crippen LogP contribution is 2.11. The second-order valence-electron chi connectivity index (χ2n) is 3.01. The van der Waals surface area contributed by atoms with E-state index < -0.39 is 17.7 Å². The lowest BCUT2D eigenvalue weighted by molar-refractivity contribution is 0.170. The van der Waals surface area contributed by atoms with E-state index in [0.717, 1.165) is 12.1 Å². The van der Waals surface area contributed by atoms with Crippen molar-refractivity contribution in [2.24, 2.45) is 0 Å². The van der Waals surface area contributed by atoms with E-state index in [1.807, 2.05) is 6.92 Å². The smallest absolute Gasteiger partial charge is 0.159 e. The first-order valence-corrected chi connectivity index (χ1v) is 4.25. The Morgan fingerprint density at radius 3 is 2.54 bits per heavy atom. The minimum atomic E-state index is -0.860. The molecule has 0 saturated heterocycles. The van der Waals surface area contributed by atoms with Crippen LogP contribution in [0.15, 0.2) is 18.2 Å². The number of hydrogen-bond acceptors (Lipinski definition) is 1. The lowest BCUT2D eigenvalue weighted by atomic mass is 10.1. The Hall–Kier alpha value is -0.960. The van der Waals surface area contributed by atoms with E-state index in [1.165, 1.54) is 6.07 Å². The third kappa shape index (κ3) is 2.77. The molecule has 0 aliphatic carbocycles. The van der Waals surface area contributed by atoms with E-state index in [2.05, 4.69) is 0 Å². The van der Waals surface area contributed by atoms with Crippen LogP contribution in [0.5, 0.6) is 0 Å². The van der Waals surface area contributed by atoms with Crippen molar-refractivity contribution in [3.63, 3.8) is 0 Å². The maximum atomic E-state index is 12.7. The van der Waals surface area contributed by atoms with Crippen LogP contribution in [-0.4, -0.2) is 11.2 Å². The summed E-state index contributed by atoms with van der Waals surface area (Å²) in [5, 5.41) is 9.26. The molecule has 1 rings (SSSR count). The van der Waals surface area contributed by atoms with E-state index in [0.29, 0.717) is 18.4 Å². The lowest BCUT2D eigenvalue weighted by Crippen LogP contribution is -2.08. The predicted molar refractivity (Wildman–Crippen MR) is 46.4 cm³/mol. The Morgan fingerprint density at radius 2 is 2.00 bits per heavy atom. The van der Waals surface area contributed by atoms with E-state index in [-0.39, 0.29) is 0 Å². The molecule has 1 N–H and O–H groups in total. The zero-order valence-electron chi connectivity index (χ0n) is 7.43. The molecule has 1 atom stereocenters. The van der Waals surface area contributed by atoms with Crippen molar-refractivity contribution in [1.82, 2.24) is 0 Å². The second kappa shape index (κ2) is 4.33. The molecule has 0 bridgehead atoms. The minimum Gasteiger partial charge on any atom is -0.393 e. The van der Waals surface area contributed by atoms with Gasteiger partial charge in [0.15, 0.2) is 11.6 Å². The Bertz CT molecular complexity index is 286. The summed E-state index contributed by atoms with van der Waals surface area (Å²) in [4.78, 5) is 0. The molecule has 0 aliphatic rings. The first kappa shape index (κ1) is 10.1. The molecular weight excluding hydrogens is 174 g/mol. The molecule has 0 spiro atoms. The average molecular weight is 186 g/mol. The molecule has 0 saturated carbocycles. The van der Waals surface area contributed by atoms with Crippen LogP contribution in [0.1, 0.15) is 18.9 Å². The highest BCUT2D eigenvalue weighted by Gasteiger charge is 2.06. The van der Waals surface area contributed by atoms with E-state index in [1.54, 1.807) is 0 Å². The van der Waals surface area contributed by atoms with Gasteiger partial charge in [0.1, 0.15) is 0 Å². The highest BCUT2D eigenvalue weighted by atomic mass is 19.2. The van der Waals surface area contributed by atoms with Gasteiger partial charge in [-0.3, -0.25) is 0 Å². The lowest BCUT2D eigenvalue weighted by Gasteiger charge is -2.07. The number of aliphatic hydroxyl groups excluding tert-OH is 1. The van der Waals surface area contributed by atoms with Crippen molar-refractivity contribution in [2.75, 3.05) is 0 Å². The molecule has 0 radical (unpaired) electrons. The number of hydrogen-bond donors (Lipinski definition) is 1. The Balaban J connectivity index is 2.73. The van der Waals surface area contributed by atoms with Crippen LogP contribution in [0, 0.1) is 11.6 Å². The van der Waals surface area contributed by atoms with Gasteiger partial charge in [0.25, 0.3) is 0 Å². The summed E-state index contributed by atoms with van der Waals surface area (Å²) in [5.74, 6) is -1.71. The molecule has 3 heteroatoms. The van der Waals surface area contributed by atoms with Crippen LogP contribution in [0.25, 0.3) is 0 Å². The summed E-state index contributed by atoms with van der Waals surface area (Å²) < 4.78 is 25.2. The topological polar surface area (TPSA) is 20.2 Å². The van der Waals surface area contributed by atoms with Gasteiger partial charge in [0.2, 0.25) is 0 Å². The molecule has 1 aromatic carbocycles. The van der Waals surface area contributed by atoms with Gasteiger partial charge >= 0.3 is 0 Å². The van der Waals surface area contributed by atoms with Crippen molar-refractivity contribution in [3.8, 4) is 0 Å². The van der Waals surface area contributed by atoms with Crippen LogP contribution in [0.4, 0.5) is 8.78 Å². The molecule has 0 aliphatic heterocycles. The molecule has 0 amide bonds. The largest absolute Gasteiger partial charge is 0.393 e. The minimum absolute atomic E-state index is 0.369. The summed E-state index contributed by atoms with van der Waals surface area (Å²) in [6.45, 7) is 1.84. The fourth-order valence-electron chi connectivity index (χ4n) is 1.08. The third-order valence-electron chi connectivity index (χ3n) is 1.93. The van der Waals surface area contributed by atoms with Gasteiger partial charge in [0, 0.05) is 0 Å². The predicted octanol–water partition coefficient (Wildman–Crippen LogP) is 2.28. The monoisotopic (exact) mass is 186 g/mol. The van der Waals surface area contributed by atoms with Gasteiger partial charge in [-0.1, -0.05) is 13.0 Å². The zero-order valence-corrected chi connectivity index (χ0v) is 7.43. The van der Waals surface area contributed by atoms with Gasteiger partial charge in [-0.25, -0.2) is 8.78 Å². The van der Waals surface area contributed by atoms with E-state index >= 15 is 0 Å². The Kier molecular flexibility index (Phi) is 3.37. The normalized spacial score (nSPS) is 12.9. The molecule has 0 aromatic heterocycles. The third-order valence-corrected chi connectivity index (χ3v) is 1.93. The van der Waals surface area contributed by atoms with Crippen molar-refractivity contribution in [2.45, 2.75) is 25.9 Å². The average Bonchev–Trinajstić information content (AvgIpc) is 2.11. The Labute approximate surface area is 76.0 Å². The fourth-order valence-corrected chi connectivity index (χ4v) is 1.08. The van der Waals surface area contributed by atoms with Crippen LogP contribution in [0.2, 0.25) is 0 Å². The van der Waals surface area contributed by atoms with Crippen molar-refractivity contribution in [3.05, 3.63) is 35.4 Å². The first-order valence-electron chi connectivity index (χ1n) is 4.25. The van der Waals surface area contributed by atoms with E-state index in [9.17, 15) is 13.9 Å². The first-order chi connectivity index (χ1) is 6.13. The second-order valence-corrected chi connectivity index (χ2v) is 3.01. The van der Waals surface area contributed by atoms with Crippen molar-refractivity contribution < 1.29 is 13.9 Å².